The number of carbonyl (C=O) groups is 6. The van der Waals surface area contributed by atoms with Crippen molar-refractivity contribution in [3.05, 3.63) is 0 Å². The average molecular weight is 446 g/mol. The van der Waals surface area contributed by atoms with Gasteiger partial charge in [-0.05, 0) is 0 Å². The maximum absolute atomic E-state index is 12.0. The number of carbonyl (C=O) groups excluding carboxylic acids is 6. The molecule has 16 nitrogen and oxygen atoms in total. The molecule has 0 aromatic heterocycles. The molecule has 0 fully saturated rings. The summed E-state index contributed by atoms with van der Waals surface area (Å²) in [6, 6.07) is 0. The van der Waals surface area contributed by atoms with Crippen molar-refractivity contribution in [3.8, 4) is 0 Å². The van der Waals surface area contributed by atoms with Crippen LogP contribution in [0.3, 0.4) is 0 Å². The van der Waals surface area contributed by atoms with E-state index >= 15 is 0 Å². The Morgan fingerprint density at radius 2 is 1.14 bits per heavy atom. The predicted octanol–water partition coefficient (Wildman–Crippen LogP) is -2.63. The normalized spacial score (nSPS) is 13.0. The molecule has 0 rings (SSSR count). The molecule has 0 aromatic rings. The van der Waals surface area contributed by atoms with E-state index in [1.807, 2.05) is 0 Å². The Labute approximate surface area is 160 Å². The Hall–Kier alpha value is -2.59. The Balaban J connectivity index is 5.02. The van der Waals surface area contributed by atoms with Crippen molar-refractivity contribution in [2.45, 2.75) is 32.5 Å². The minimum atomic E-state index is -5.50. The van der Waals surface area contributed by atoms with Crippen LogP contribution in [0, 0.1) is 0 Å². The monoisotopic (exact) mass is 446 g/mol. The van der Waals surface area contributed by atoms with Gasteiger partial charge >= 0.3 is 25.7 Å². The number of rotatable bonds is 13. The second-order valence-electron chi connectivity index (χ2n) is 4.84. The zero-order valence-corrected chi connectivity index (χ0v) is 15.6. The number of aliphatic hydroxyl groups excluding tert-OH is 3. The molecule has 0 aliphatic heterocycles. The van der Waals surface area contributed by atoms with Crippen LogP contribution in [0.5, 0.6) is 0 Å². The zero-order chi connectivity index (χ0) is 22.8. The van der Waals surface area contributed by atoms with E-state index in [0.717, 1.165) is 0 Å². The Morgan fingerprint density at radius 3 is 1.48 bits per heavy atom. The van der Waals surface area contributed by atoms with Crippen LogP contribution in [0.2, 0.25) is 0 Å². The Bertz CT molecular complexity index is 679. The number of ketones is 3. The van der Waals surface area contributed by atoms with E-state index in [9.17, 15) is 38.4 Å². The highest BCUT2D eigenvalue weighted by molar-refractivity contribution is 7.48. The summed E-state index contributed by atoms with van der Waals surface area (Å²) in [6.07, 6.45) is -4.73. The van der Waals surface area contributed by atoms with Gasteiger partial charge in [0.15, 0.2) is 0 Å². The van der Waals surface area contributed by atoms with Crippen LogP contribution in [0.15, 0.2) is 0 Å². The quantitative estimate of drug-likeness (QED) is 0.113. The third-order valence-corrected chi connectivity index (χ3v) is 3.21. The van der Waals surface area contributed by atoms with Crippen LogP contribution < -0.4 is 0 Å². The molecule has 0 aromatic carbocycles. The molecule has 0 aliphatic carbocycles. The molecular formula is C12H15O16P. The third-order valence-electron chi connectivity index (χ3n) is 2.44. The highest BCUT2D eigenvalue weighted by Crippen LogP contribution is 2.50. The van der Waals surface area contributed by atoms with Gasteiger partial charge in [-0.25, -0.2) is 18.9 Å². The molecule has 2 unspecified atom stereocenters. The van der Waals surface area contributed by atoms with E-state index in [1.54, 1.807) is 0 Å². The summed E-state index contributed by atoms with van der Waals surface area (Å²) in [6.45, 7) is 0.470. The molecule has 2 atom stereocenters. The molecule has 0 bridgehead atoms. The van der Waals surface area contributed by atoms with Crippen LogP contribution in [0.4, 0.5) is 0 Å². The minimum absolute atomic E-state index is 0.707. The molecule has 0 saturated carbocycles. The van der Waals surface area contributed by atoms with Gasteiger partial charge < -0.3 is 15.3 Å². The average Bonchev–Trinajstić information content (AvgIpc) is 2.67. The largest absolute Gasteiger partial charge is 0.584 e. The maximum atomic E-state index is 12.0. The molecule has 3 N–H and O–H groups in total. The maximum Gasteiger partial charge on any atom is 0.584 e. The SMILES string of the molecule is CC(=O)C(=O)OOP(=O)(OOC(=O)C(C)=O)OOC(=O)C(=O)CC(O)C(O)CO. The minimum Gasteiger partial charge on any atom is -0.394 e. The highest BCUT2D eigenvalue weighted by atomic mass is 31.2. The molecule has 0 amide bonds. The van der Waals surface area contributed by atoms with E-state index in [0.29, 0.717) is 13.8 Å². The van der Waals surface area contributed by atoms with Gasteiger partial charge in [0.2, 0.25) is 17.3 Å². The summed E-state index contributed by atoms with van der Waals surface area (Å²) >= 11 is 0. The second-order valence-corrected chi connectivity index (χ2v) is 6.18. The second kappa shape index (κ2) is 12.1. The highest BCUT2D eigenvalue weighted by Gasteiger charge is 2.39. The summed E-state index contributed by atoms with van der Waals surface area (Å²) in [5, 5.41) is 27.0. The Kier molecular flexibility index (Phi) is 11.0. The van der Waals surface area contributed by atoms with Crippen LogP contribution >= 0.6 is 7.82 Å². The first-order valence-corrected chi connectivity index (χ1v) is 8.61. The molecule has 0 saturated heterocycles. The van der Waals surface area contributed by atoms with Crippen molar-refractivity contribution in [2.24, 2.45) is 0 Å². The molecule has 164 valence electrons. The first-order valence-electron chi connectivity index (χ1n) is 7.15. The van der Waals surface area contributed by atoms with Crippen LogP contribution in [-0.2, 0) is 62.0 Å². The lowest BCUT2D eigenvalue weighted by atomic mass is 10.1. The van der Waals surface area contributed by atoms with Gasteiger partial charge in [-0.3, -0.25) is 29.0 Å². The first kappa shape index (κ1) is 26.4. The summed E-state index contributed by atoms with van der Waals surface area (Å²) < 4.78 is 23.4. The number of aliphatic hydroxyl groups is 3. The van der Waals surface area contributed by atoms with Crippen molar-refractivity contribution >= 4 is 43.1 Å². The number of Topliss-reactive ketones (excluding diaryl/α,β-unsaturated/α-hetero) is 3. The standard InChI is InChI=1S/C12H15O16P/c1-5(14)10(19)23-26-29(22,27-24-11(20)6(2)15)28-25-12(21)8(17)3-7(16)9(18)4-13/h7,9,13,16,18H,3-4H2,1-2H3. The molecule has 0 spiro atoms. The molecule has 0 heterocycles. The van der Waals surface area contributed by atoms with E-state index in [2.05, 4.69) is 28.7 Å². The summed E-state index contributed by atoms with van der Waals surface area (Å²) in [4.78, 5) is 77.4. The van der Waals surface area contributed by atoms with Gasteiger partial charge in [-0.2, -0.15) is 0 Å². The smallest absolute Gasteiger partial charge is 0.394 e. The van der Waals surface area contributed by atoms with Crippen LogP contribution in [-0.4, -0.2) is 69.4 Å². The van der Waals surface area contributed by atoms with Gasteiger partial charge in [0, 0.05) is 20.3 Å². The molecule has 0 radical (unpaired) electrons. The first-order chi connectivity index (χ1) is 13.3. The van der Waals surface area contributed by atoms with Crippen LogP contribution in [0.25, 0.3) is 0 Å². The fourth-order valence-corrected chi connectivity index (χ4v) is 1.52. The lowest BCUT2D eigenvalue weighted by Gasteiger charge is -2.14. The van der Waals surface area contributed by atoms with Gasteiger partial charge in [0.05, 0.1) is 12.7 Å². The topological polar surface area (TPSA) is 236 Å². The van der Waals surface area contributed by atoms with Crippen molar-refractivity contribution < 1.29 is 77.3 Å². The van der Waals surface area contributed by atoms with E-state index < -0.39 is 68.3 Å². The third kappa shape index (κ3) is 9.95. The van der Waals surface area contributed by atoms with Gasteiger partial charge in [-0.15, -0.1) is 0 Å². The predicted molar refractivity (Wildman–Crippen MR) is 79.2 cm³/mol. The van der Waals surface area contributed by atoms with E-state index in [1.165, 1.54) is 0 Å². The summed E-state index contributed by atoms with van der Waals surface area (Å²) in [7, 11) is -5.50. The van der Waals surface area contributed by atoms with Gasteiger partial charge in [0.1, 0.15) is 6.10 Å². The van der Waals surface area contributed by atoms with Gasteiger partial charge in [0.25, 0.3) is 0 Å². The van der Waals surface area contributed by atoms with Crippen molar-refractivity contribution in [3.63, 3.8) is 0 Å². The molecular weight excluding hydrogens is 431 g/mol. The fraction of sp³-hybridized carbons (Fsp3) is 0.500. The molecule has 17 heteroatoms. The van der Waals surface area contributed by atoms with E-state index in [-0.39, 0.29) is 0 Å². The number of phosphoric acid groups is 1. The van der Waals surface area contributed by atoms with E-state index in [4.69, 9.17) is 10.2 Å². The fourth-order valence-electron chi connectivity index (χ4n) is 0.971. The van der Waals surface area contributed by atoms with Crippen molar-refractivity contribution in [1.82, 2.24) is 0 Å². The number of hydrogen-bond acceptors (Lipinski definition) is 16. The Morgan fingerprint density at radius 1 is 0.759 bits per heavy atom. The van der Waals surface area contributed by atoms with Crippen LogP contribution in [0.1, 0.15) is 20.3 Å². The molecule has 29 heavy (non-hydrogen) atoms. The van der Waals surface area contributed by atoms with Crippen molar-refractivity contribution in [2.75, 3.05) is 6.61 Å². The lowest BCUT2D eigenvalue weighted by Crippen LogP contribution is -2.33. The zero-order valence-electron chi connectivity index (χ0n) is 14.7. The summed E-state index contributed by atoms with van der Waals surface area (Å²) in [5.41, 5.74) is 0. The lowest BCUT2D eigenvalue weighted by molar-refractivity contribution is -0.293. The van der Waals surface area contributed by atoms with Gasteiger partial charge in [-0.1, -0.05) is 14.0 Å². The van der Waals surface area contributed by atoms with Crippen molar-refractivity contribution in [1.29, 1.82) is 0 Å². The number of hydrogen-bond donors (Lipinski definition) is 3. The summed E-state index contributed by atoms with van der Waals surface area (Å²) in [5.74, 6) is -9.56. The molecule has 0 aliphatic rings.